The number of nitrogens with zero attached hydrogens (tertiary/aromatic N) is 6. The van der Waals surface area contributed by atoms with Crippen LogP contribution >= 0.6 is 0 Å². The second kappa shape index (κ2) is 6.22. The molecule has 1 saturated heterocycles. The molecule has 3 aromatic heterocycles. The van der Waals surface area contributed by atoms with Gasteiger partial charge in [0, 0.05) is 30.8 Å². The van der Waals surface area contributed by atoms with Crippen molar-refractivity contribution in [3.63, 3.8) is 0 Å². The van der Waals surface area contributed by atoms with Crippen LogP contribution in [0.2, 0.25) is 0 Å². The van der Waals surface area contributed by atoms with Crippen LogP contribution in [0.3, 0.4) is 0 Å². The molecule has 136 valence electrons. The fourth-order valence-electron chi connectivity index (χ4n) is 2.97. The van der Waals surface area contributed by atoms with E-state index in [0.717, 1.165) is 16.5 Å². The Kier molecular flexibility index (Phi) is 4.00. The molecule has 26 heavy (non-hydrogen) atoms. The van der Waals surface area contributed by atoms with Gasteiger partial charge in [-0.1, -0.05) is 6.58 Å². The van der Waals surface area contributed by atoms with Crippen molar-refractivity contribution in [3.8, 4) is 17.1 Å². The van der Waals surface area contributed by atoms with E-state index < -0.39 is 10.0 Å². The van der Waals surface area contributed by atoms with Gasteiger partial charge < -0.3 is 4.74 Å². The fraction of sp³-hybridized carbons (Fsp3) is 0.312. The molecule has 1 fully saturated rings. The van der Waals surface area contributed by atoms with E-state index in [4.69, 9.17) is 4.74 Å². The summed E-state index contributed by atoms with van der Waals surface area (Å²) in [4.78, 5) is 4.60. The Morgan fingerprint density at radius 2 is 2.19 bits per heavy atom. The Labute approximate surface area is 150 Å². The van der Waals surface area contributed by atoms with Gasteiger partial charge in [0.05, 0.1) is 30.8 Å². The zero-order chi connectivity index (χ0) is 18.3. The van der Waals surface area contributed by atoms with Gasteiger partial charge in [0.2, 0.25) is 15.9 Å². The number of aryl methyl sites for hydroxylation is 1. The SMILES string of the molecule is C=CS(=O)(=O)N1CC[C@@H](Oc2nc(-c3cnn(C)c3)cn3nccc23)C1. The third-order valence-corrected chi connectivity index (χ3v) is 5.79. The first-order chi connectivity index (χ1) is 12.5. The van der Waals surface area contributed by atoms with Gasteiger partial charge in [0.1, 0.15) is 11.6 Å². The van der Waals surface area contributed by atoms with Crippen molar-refractivity contribution in [2.24, 2.45) is 7.05 Å². The summed E-state index contributed by atoms with van der Waals surface area (Å²) in [5, 5.41) is 9.39. The topological polar surface area (TPSA) is 94.6 Å². The molecule has 1 aliphatic rings. The molecule has 10 heteroatoms. The average molecular weight is 374 g/mol. The number of hydrogen-bond donors (Lipinski definition) is 0. The minimum Gasteiger partial charge on any atom is -0.471 e. The Morgan fingerprint density at radius 3 is 2.92 bits per heavy atom. The van der Waals surface area contributed by atoms with Gasteiger partial charge in [-0.3, -0.25) is 4.68 Å². The van der Waals surface area contributed by atoms with E-state index in [-0.39, 0.29) is 12.6 Å². The van der Waals surface area contributed by atoms with Gasteiger partial charge in [-0.15, -0.1) is 0 Å². The summed E-state index contributed by atoms with van der Waals surface area (Å²) in [7, 11) is -1.60. The van der Waals surface area contributed by atoms with Crippen LogP contribution < -0.4 is 4.74 Å². The quantitative estimate of drug-likeness (QED) is 0.663. The van der Waals surface area contributed by atoms with Crippen LogP contribution in [-0.4, -0.2) is 56.3 Å². The van der Waals surface area contributed by atoms with Crippen molar-refractivity contribution in [3.05, 3.63) is 42.8 Å². The molecule has 0 radical (unpaired) electrons. The van der Waals surface area contributed by atoms with E-state index in [2.05, 4.69) is 21.8 Å². The molecule has 0 spiro atoms. The highest BCUT2D eigenvalue weighted by Gasteiger charge is 2.31. The van der Waals surface area contributed by atoms with Gasteiger partial charge in [-0.05, 0) is 12.5 Å². The summed E-state index contributed by atoms with van der Waals surface area (Å²) in [5.41, 5.74) is 2.25. The minimum atomic E-state index is -3.43. The molecule has 0 aromatic carbocycles. The lowest BCUT2D eigenvalue weighted by Gasteiger charge is -2.15. The molecule has 3 aromatic rings. The van der Waals surface area contributed by atoms with Crippen molar-refractivity contribution < 1.29 is 13.2 Å². The molecule has 9 nitrogen and oxygen atoms in total. The molecule has 0 saturated carbocycles. The van der Waals surface area contributed by atoms with Crippen molar-refractivity contribution in [2.45, 2.75) is 12.5 Å². The van der Waals surface area contributed by atoms with Gasteiger partial charge in [-0.25, -0.2) is 17.9 Å². The second-order valence-corrected chi connectivity index (χ2v) is 7.97. The molecular formula is C16H18N6O3S. The molecule has 4 heterocycles. The van der Waals surface area contributed by atoms with Gasteiger partial charge in [-0.2, -0.15) is 14.5 Å². The largest absolute Gasteiger partial charge is 0.471 e. The Bertz CT molecular complexity index is 1070. The molecule has 0 aliphatic carbocycles. The van der Waals surface area contributed by atoms with E-state index in [1.807, 2.05) is 25.5 Å². The molecule has 0 N–H and O–H groups in total. The predicted molar refractivity (Wildman–Crippen MR) is 94.9 cm³/mol. The van der Waals surface area contributed by atoms with Crippen LogP contribution in [0.1, 0.15) is 6.42 Å². The number of rotatable bonds is 5. The maximum atomic E-state index is 11.9. The van der Waals surface area contributed by atoms with Crippen molar-refractivity contribution in [2.75, 3.05) is 13.1 Å². The molecule has 1 aliphatic heterocycles. The van der Waals surface area contributed by atoms with E-state index in [1.165, 1.54) is 4.31 Å². The summed E-state index contributed by atoms with van der Waals surface area (Å²) in [6.07, 6.45) is 7.36. The molecule has 0 bridgehead atoms. The molecule has 4 rings (SSSR count). The van der Waals surface area contributed by atoms with Gasteiger partial charge in [0.25, 0.3) is 0 Å². The minimum absolute atomic E-state index is 0.271. The Hall–Kier alpha value is -2.72. The summed E-state index contributed by atoms with van der Waals surface area (Å²) >= 11 is 0. The van der Waals surface area contributed by atoms with Crippen LogP contribution in [-0.2, 0) is 17.1 Å². The van der Waals surface area contributed by atoms with Crippen LogP contribution in [0.4, 0.5) is 0 Å². The average Bonchev–Trinajstić information content (AvgIpc) is 3.34. The zero-order valence-electron chi connectivity index (χ0n) is 14.2. The summed E-state index contributed by atoms with van der Waals surface area (Å²) in [6, 6.07) is 1.81. The van der Waals surface area contributed by atoms with Gasteiger partial charge >= 0.3 is 0 Å². The van der Waals surface area contributed by atoms with Crippen molar-refractivity contribution >= 4 is 15.5 Å². The number of fused-ring (bicyclic) bond motifs is 1. The first kappa shape index (κ1) is 16.7. The molecule has 0 amide bonds. The van der Waals surface area contributed by atoms with E-state index in [0.29, 0.717) is 24.5 Å². The van der Waals surface area contributed by atoms with E-state index >= 15 is 0 Å². The van der Waals surface area contributed by atoms with Crippen LogP contribution in [0.15, 0.2) is 42.8 Å². The fourth-order valence-corrected chi connectivity index (χ4v) is 3.91. The lowest BCUT2D eigenvalue weighted by atomic mass is 10.2. The highest BCUT2D eigenvalue weighted by atomic mass is 32.2. The third-order valence-electron chi connectivity index (χ3n) is 4.31. The lowest BCUT2D eigenvalue weighted by molar-refractivity contribution is 0.209. The lowest BCUT2D eigenvalue weighted by Crippen LogP contribution is -2.29. The van der Waals surface area contributed by atoms with Crippen molar-refractivity contribution in [1.82, 2.24) is 28.7 Å². The van der Waals surface area contributed by atoms with Gasteiger partial charge in [0.15, 0.2) is 0 Å². The molecular weight excluding hydrogens is 356 g/mol. The number of ether oxygens (including phenoxy) is 1. The van der Waals surface area contributed by atoms with E-state index in [1.54, 1.807) is 21.6 Å². The molecule has 1 atom stereocenters. The summed E-state index contributed by atoms with van der Waals surface area (Å²) in [5.74, 6) is 0.423. The third kappa shape index (κ3) is 2.97. The van der Waals surface area contributed by atoms with E-state index in [9.17, 15) is 8.42 Å². The first-order valence-electron chi connectivity index (χ1n) is 8.09. The van der Waals surface area contributed by atoms with Crippen LogP contribution in [0, 0.1) is 0 Å². The summed E-state index contributed by atoms with van der Waals surface area (Å²) < 4.78 is 34.6. The maximum Gasteiger partial charge on any atom is 0.241 e. The van der Waals surface area contributed by atoms with Crippen molar-refractivity contribution in [1.29, 1.82) is 0 Å². The standard InChI is InChI=1S/C16H18N6O3S/c1-3-26(23,24)21-7-5-13(10-21)25-16-15-4-6-17-22(15)11-14(19-16)12-8-18-20(2)9-12/h3-4,6,8-9,11,13H,1,5,7,10H2,2H3/t13-/m1/s1. The molecule has 0 unspecified atom stereocenters. The Balaban J connectivity index is 1.64. The highest BCUT2D eigenvalue weighted by Crippen LogP contribution is 2.26. The van der Waals surface area contributed by atoms with Crippen LogP contribution in [0.5, 0.6) is 5.88 Å². The number of aromatic nitrogens is 5. The normalized spacial score (nSPS) is 18.4. The first-order valence-corrected chi connectivity index (χ1v) is 9.59. The number of hydrogen-bond acceptors (Lipinski definition) is 6. The summed E-state index contributed by atoms with van der Waals surface area (Å²) in [6.45, 7) is 4.04. The second-order valence-electron chi connectivity index (χ2n) is 6.09. The zero-order valence-corrected chi connectivity index (χ0v) is 15.0. The smallest absolute Gasteiger partial charge is 0.241 e. The predicted octanol–water partition coefficient (Wildman–Crippen LogP) is 1.06. The van der Waals surface area contributed by atoms with Crippen LogP contribution in [0.25, 0.3) is 16.8 Å². The highest BCUT2D eigenvalue weighted by molar-refractivity contribution is 7.92. The number of sulfonamides is 1. The Morgan fingerprint density at radius 1 is 1.35 bits per heavy atom. The monoisotopic (exact) mass is 374 g/mol. The maximum absolute atomic E-state index is 11.9.